The van der Waals surface area contributed by atoms with E-state index in [0.717, 1.165) is 6.54 Å². The van der Waals surface area contributed by atoms with Crippen molar-refractivity contribution in [2.75, 3.05) is 27.2 Å². The van der Waals surface area contributed by atoms with Crippen molar-refractivity contribution in [2.45, 2.75) is 46.3 Å². The third-order valence-corrected chi connectivity index (χ3v) is 3.60. The van der Waals surface area contributed by atoms with Crippen LogP contribution in [0.5, 0.6) is 0 Å². The van der Waals surface area contributed by atoms with Gasteiger partial charge < -0.3 is 20.5 Å². The molecule has 174 valence electrons. The van der Waals surface area contributed by atoms with Crippen LogP contribution >= 0.6 is 12.4 Å². The number of rotatable bonds is 9. The van der Waals surface area contributed by atoms with E-state index >= 15 is 0 Å². The zero-order valence-corrected chi connectivity index (χ0v) is 19.8. The van der Waals surface area contributed by atoms with Gasteiger partial charge in [-0.05, 0) is 48.7 Å². The Morgan fingerprint density at radius 2 is 1.52 bits per heavy atom. The summed E-state index contributed by atoms with van der Waals surface area (Å²) in [5.41, 5.74) is -0.567. The number of hydrogen-bond donors (Lipinski definition) is 2. The van der Waals surface area contributed by atoms with E-state index in [0.29, 0.717) is 12.2 Å². The summed E-state index contributed by atoms with van der Waals surface area (Å²) >= 11 is 0. The molecule has 0 aliphatic heterocycles. The molecule has 0 fully saturated rings. The third kappa shape index (κ3) is 19.6. The van der Waals surface area contributed by atoms with Gasteiger partial charge in [-0.2, -0.15) is 8.42 Å². The maximum absolute atomic E-state index is 11.2. The van der Waals surface area contributed by atoms with Crippen molar-refractivity contribution in [1.82, 2.24) is 11.1 Å². The monoisotopic (exact) mass is 462 g/mol. The summed E-state index contributed by atoms with van der Waals surface area (Å²) in [4.78, 5) is 24.0. The summed E-state index contributed by atoms with van der Waals surface area (Å²) in [5, 5.41) is 0. The van der Waals surface area contributed by atoms with Crippen LogP contribution in [0.4, 0.5) is 0 Å². The SMILES string of the molecule is C=C(C)C(=O)OC(C)(C)C(C)OS(=O)(=O)O.C=C(C)C(=O)OCCN(C)C.Cl.N. The number of halogens is 1. The van der Waals surface area contributed by atoms with Crippen LogP contribution in [-0.4, -0.2) is 68.8 Å². The molecule has 0 aromatic heterocycles. The van der Waals surface area contributed by atoms with Crippen molar-refractivity contribution in [1.29, 1.82) is 0 Å². The smallest absolute Gasteiger partial charge is 0.397 e. The minimum Gasteiger partial charge on any atom is -0.461 e. The lowest BCUT2D eigenvalue weighted by Crippen LogP contribution is -2.41. The van der Waals surface area contributed by atoms with Gasteiger partial charge in [0.2, 0.25) is 0 Å². The second-order valence-electron chi connectivity index (χ2n) is 6.66. The lowest BCUT2D eigenvalue weighted by Gasteiger charge is -2.30. The Morgan fingerprint density at radius 1 is 1.10 bits per heavy atom. The number of likely N-dealkylation sites (N-methyl/N-ethyl adjacent to an activating group) is 1. The van der Waals surface area contributed by atoms with Crippen LogP contribution < -0.4 is 6.15 Å². The Morgan fingerprint density at radius 3 is 1.83 bits per heavy atom. The Kier molecular flexibility index (Phi) is 18.5. The molecule has 1 atom stereocenters. The first-order valence-electron chi connectivity index (χ1n) is 8.01. The van der Waals surface area contributed by atoms with E-state index in [2.05, 4.69) is 17.3 Å². The molecular formula is C17H35ClN2O8S. The molecule has 0 amide bonds. The highest BCUT2D eigenvalue weighted by Gasteiger charge is 2.34. The lowest BCUT2D eigenvalue weighted by molar-refractivity contribution is -0.159. The van der Waals surface area contributed by atoms with Gasteiger partial charge in [-0.15, -0.1) is 12.4 Å². The lowest BCUT2D eigenvalue weighted by atomic mass is 10.0. The number of esters is 2. The van der Waals surface area contributed by atoms with Gasteiger partial charge in [0.1, 0.15) is 18.3 Å². The molecular weight excluding hydrogens is 428 g/mol. The Hall–Kier alpha value is -1.50. The van der Waals surface area contributed by atoms with Crippen LogP contribution in [0.2, 0.25) is 0 Å². The van der Waals surface area contributed by atoms with Crippen molar-refractivity contribution >= 4 is 34.7 Å². The molecule has 4 N–H and O–H groups in total. The number of ether oxygens (including phenoxy) is 2. The highest BCUT2D eigenvalue weighted by molar-refractivity contribution is 7.80. The first-order chi connectivity index (χ1) is 12.0. The van der Waals surface area contributed by atoms with E-state index in [9.17, 15) is 18.0 Å². The molecule has 0 rings (SSSR count). The van der Waals surface area contributed by atoms with Gasteiger partial charge in [-0.1, -0.05) is 13.2 Å². The second-order valence-corrected chi connectivity index (χ2v) is 7.71. The average Bonchev–Trinajstić information content (AvgIpc) is 2.44. The zero-order valence-electron chi connectivity index (χ0n) is 18.2. The number of carbonyl (C=O) groups excluding carboxylic acids is 2. The van der Waals surface area contributed by atoms with E-state index in [1.54, 1.807) is 6.92 Å². The van der Waals surface area contributed by atoms with Crippen molar-refractivity contribution in [2.24, 2.45) is 0 Å². The fraction of sp³-hybridized carbons (Fsp3) is 0.647. The molecule has 0 aromatic rings. The fourth-order valence-corrected chi connectivity index (χ4v) is 1.75. The maximum atomic E-state index is 11.2. The maximum Gasteiger partial charge on any atom is 0.397 e. The van der Waals surface area contributed by atoms with Crippen LogP contribution in [0.15, 0.2) is 24.3 Å². The minimum atomic E-state index is -4.58. The minimum absolute atomic E-state index is 0. The van der Waals surface area contributed by atoms with E-state index in [-0.39, 0.29) is 30.1 Å². The Labute approximate surface area is 180 Å². The quantitative estimate of drug-likeness (QED) is 0.296. The number of carbonyl (C=O) groups is 2. The predicted molar refractivity (Wildman–Crippen MR) is 114 cm³/mol. The van der Waals surface area contributed by atoms with Crippen molar-refractivity contribution in [3.8, 4) is 0 Å². The Bertz CT molecular complexity index is 648. The molecule has 0 aliphatic carbocycles. The zero-order chi connectivity index (χ0) is 22.0. The third-order valence-electron chi connectivity index (χ3n) is 3.07. The molecule has 1 unspecified atom stereocenters. The van der Waals surface area contributed by atoms with Crippen LogP contribution in [0.1, 0.15) is 34.6 Å². The molecule has 0 spiro atoms. The molecule has 10 nitrogen and oxygen atoms in total. The van der Waals surface area contributed by atoms with E-state index in [4.69, 9.17) is 14.0 Å². The van der Waals surface area contributed by atoms with E-state index < -0.39 is 28.1 Å². The summed E-state index contributed by atoms with van der Waals surface area (Å²) in [6, 6.07) is 0. The van der Waals surface area contributed by atoms with Crippen LogP contribution in [0, 0.1) is 0 Å². The number of hydrogen-bond acceptors (Lipinski definition) is 9. The van der Waals surface area contributed by atoms with Crippen LogP contribution in [0.25, 0.3) is 0 Å². The molecule has 0 bridgehead atoms. The highest BCUT2D eigenvalue weighted by atomic mass is 35.5. The Balaban J connectivity index is -0.000000214. The normalized spacial score (nSPS) is 11.6. The van der Waals surface area contributed by atoms with Gasteiger partial charge >= 0.3 is 22.3 Å². The first kappa shape index (κ1) is 35.0. The van der Waals surface area contributed by atoms with Gasteiger partial charge in [-0.3, -0.25) is 4.55 Å². The average molecular weight is 463 g/mol. The summed E-state index contributed by atoms with van der Waals surface area (Å²) in [5.74, 6) is -0.970. The molecule has 29 heavy (non-hydrogen) atoms. The van der Waals surface area contributed by atoms with E-state index in [1.807, 2.05) is 19.0 Å². The van der Waals surface area contributed by atoms with Gasteiger partial charge in [0.15, 0.2) is 0 Å². The van der Waals surface area contributed by atoms with Gasteiger partial charge in [0, 0.05) is 17.7 Å². The first-order valence-corrected chi connectivity index (χ1v) is 9.38. The van der Waals surface area contributed by atoms with Crippen LogP contribution in [0.3, 0.4) is 0 Å². The molecule has 0 saturated carbocycles. The summed E-state index contributed by atoms with van der Waals surface area (Å²) in [6.45, 7) is 15.4. The molecule has 12 heteroatoms. The molecule has 0 aromatic carbocycles. The second kappa shape index (κ2) is 15.4. The van der Waals surface area contributed by atoms with E-state index in [1.165, 1.54) is 27.7 Å². The molecule has 0 radical (unpaired) electrons. The summed E-state index contributed by atoms with van der Waals surface area (Å²) in [6.07, 6.45) is -1.02. The molecule has 0 aliphatic rings. The standard InChI is InChI=1S/C9H16O6S.C8H15NO2.ClH.H3N/c1-6(2)8(10)14-9(4,5)7(3)15-16(11,12)13;1-7(2)8(10)11-6-5-9(3)4;;/h7H,1H2,2-5H3,(H,11,12,13);1,5-6H2,2-4H3;1H;1H3. The number of nitrogens with zero attached hydrogens (tertiary/aromatic N) is 1. The van der Waals surface area contributed by atoms with Crippen molar-refractivity contribution in [3.63, 3.8) is 0 Å². The topological polar surface area (TPSA) is 154 Å². The fourth-order valence-electron chi connectivity index (χ4n) is 1.15. The summed E-state index contributed by atoms with van der Waals surface area (Å²) < 4.78 is 43.6. The summed E-state index contributed by atoms with van der Waals surface area (Å²) in [7, 11) is -0.726. The predicted octanol–water partition coefficient (Wildman–Crippen LogP) is 2.34. The van der Waals surface area contributed by atoms with Crippen molar-refractivity contribution in [3.05, 3.63) is 24.3 Å². The molecule has 0 heterocycles. The van der Waals surface area contributed by atoms with Gasteiger partial charge in [-0.25, -0.2) is 13.8 Å². The highest BCUT2D eigenvalue weighted by Crippen LogP contribution is 2.20. The van der Waals surface area contributed by atoms with Crippen molar-refractivity contribution < 1.29 is 36.2 Å². The largest absolute Gasteiger partial charge is 0.461 e. The van der Waals surface area contributed by atoms with Gasteiger partial charge in [0.25, 0.3) is 0 Å². The molecule has 0 saturated heterocycles. The van der Waals surface area contributed by atoms with Crippen LogP contribution in [-0.2, 0) is 33.6 Å². The van der Waals surface area contributed by atoms with Gasteiger partial charge in [0.05, 0.1) is 0 Å².